The monoisotopic (exact) mass is 393 g/mol. The molecule has 3 rings (SSSR count). The second kappa shape index (κ2) is 10.0. The van der Waals surface area contributed by atoms with Gasteiger partial charge in [0.15, 0.2) is 0 Å². The van der Waals surface area contributed by atoms with Crippen molar-refractivity contribution in [1.82, 2.24) is 4.90 Å². The molecule has 1 amide bonds. The van der Waals surface area contributed by atoms with Crippen LogP contribution in [0, 0.1) is 0 Å². The summed E-state index contributed by atoms with van der Waals surface area (Å²) in [4.78, 5) is 27.3. The summed E-state index contributed by atoms with van der Waals surface area (Å²) < 4.78 is 11.1. The van der Waals surface area contributed by atoms with Gasteiger partial charge in [0.2, 0.25) is 0 Å². The lowest BCUT2D eigenvalue weighted by Crippen LogP contribution is -2.48. The van der Waals surface area contributed by atoms with E-state index in [0.717, 1.165) is 17.5 Å². The lowest BCUT2D eigenvalue weighted by molar-refractivity contribution is -0.156. The molecular formula is C24H27NO4. The molecule has 2 aromatic carbocycles. The zero-order valence-corrected chi connectivity index (χ0v) is 16.7. The predicted octanol–water partition coefficient (Wildman–Crippen LogP) is 3.71. The number of carbonyl (C=O) groups excluding carboxylic acids is 2. The van der Waals surface area contributed by atoms with E-state index in [2.05, 4.69) is 6.58 Å². The fraction of sp³-hybridized carbons (Fsp3) is 0.333. The van der Waals surface area contributed by atoms with E-state index in [1.54, 1.807) is 11.0 Å². The van der Waals surface area contributed by atoms with E-state index in [1.165, 1.54) is 7.11 Å². The summed E-state index contributed by atoms with van der Waals surface area (Å²) in [6.45, 7) is 4.76. The van der Waals surface area contributed by atoms with Gasteiger partial charge >= 0.3 is 5.97 Å². The Kier molecular flexibility index (Phi) is 7.19. The maximum absolute atomic E-state index is 13.5. The Hall–Kier alpha value is -2.92. The van der Waals surface area contributed by atoms with Gasteiger partial charge < -0.3 is 14.4 Å². The van der Waals surface area contributed by atoms with E-state index in [-0.39, 0.29) is 17.8 Å². The number of ether oxygens (including phenoxy) is 2. The number of hydrogen-bond acceptors (Lipinski definition) is 4. The van der Waals surface area contributed by atoms with Crippen molar-refractivity contribution in [3.05, 3.63) is 84.4 Å². The number of hydrogen-bond donors (Lipinski definition) is 0. The van der Waals surface area contributed by atoms with Crippen LogP contribution in [0.3, 0.4) is 0 Å². The van der Waals surface area contributed by atoms with Crippen LogP contribution in [0.25, 0.3) is 0 Å². The van der Waals surface area contributed by atoms with Crippen LogP contribution in [0.2, 0.25) is 0 Å². The highest BCUT2D eigenvalue weighted by molar-refractivity contribution is 5.88. The van der Waals surface area contributed by atoms with Gasteiger partial charge in [0, 0.05) is 12.5 Å². The molecule has 1 fully saturated rings. The number of rotatable bonds is 8. The highest BCUT2D eigenvalue weighted by Gasteiger charge is 2.40. The Balaban J connectivity index is 1.87. The van der Waals surface area contributed by atoms with E-state index in [1.807, 2.05) is 60.7 Å². The largest absolute Gasteiger partial charge is 0.467 e. The van der Waals surface area contributed by atoms with Gasteiger partial charge in [-0.1, -0.05) is 66.7 Å². The smallest absolute Gasteiger partial charge is 0.328 e. The third kappa shape index (κ3) is 4.93. The van der Waals surface area contributed by atoms with E-state index in [0.29, 0.717) is 19.6 Å². The second-order valence-electron chi connectivity index (χ2n) is 7.10. The number of carbonyl (C=O) groups is 2. The molecule has 2 unspecified atom stereocenters. The number of methoxy groups -OCH3 is 1. The summed E-state index contributed by atoms with van der Waals surface area (Å²) in [5, 5.41) is 0. The first-order valence-electron chi connectivity index (χ1n) is 9.87. The van der Waals surface area contributed by atoms with Crippen LogP contribution >= 0.6 is 0 Å². The summed E-state index contributed by atoms with van der Waals surface area (Å²) in [6, 6.07) is 18.9. The molecule has 5 heteroatoms. The lowest BCUT2D eigenvalue weighted by atomic mass is 9.92. The van der Waals surface area contributed by atoms with Gasteiger partial charge in [0.25, 0.3) is 5.91 Å². The Labute approximate surface area is 171 Å². The van der Waals surface area contributed by atoms with Gasteiger partial charge in [-0.15, -0.1) is 6.58 Å². The zero-order valence-electron chi connectivity index (χ0n) is 16.7. The molecule has 3 atom stereocenters. The minimum atomic E-state index is -0.777. The summed E-state index contributed by atoms with van der Waals surface area (Å²) in [7, 11) is 1.35. The number of nitrogens with zero attached hydrogens (tertiary/aromatic N) is 1. The van der Waals surface area contributed by atoms with Gasteiger partial charge in [-0.25, -0.2) is 4.79 Å². The first-order valence-corrected chi connectivity index (χ1v) is 9.87. The van der Waals surface area contributed by atoms with E-state index >= 15 is 0 Å². The fourth-order valence-electron chi connectivity index (χ4n) is 3.77. The minimum absolute atomic E-state index is 0.206. The molecule has 1 saturated heterocycles. The molecule has 152 valence electrons. The molecule has 0 aromatic heterocycles. The van der Waals surface area contributed by atoms with Crippen molar-refractivity contribution in [3.63, 3.8) is 0 Å². The topological polar surface area (TPSA) is 55.8 Å². The summed E-state index contributed by atoms with van der Waals surface area (Å²) in [5.41, 5.74) is 1.93. The van der Waals surface area contributed by atoms with Gasteiger partial charge in [0.1, 0.15) is 12.1 Å². The van der Waals surface area contributed by atoms with Crippen LogP contribution in [0.5, 0.6) is 0 Å². The molecule has 1 aliphatic heterocycles. The highest BCUT2D eigenvalue weighted by Crippen LogP contribution is 2.29. The molecule has 0 aliphatic carbocycles. The lowest BCUT2D eigenvalue weighted by Gasteiger charge is -2.31. The average Bonchev–Trinajstić information content (AvgIpc) is 3.27. The number of esters is 1. The normalized spacial score (nSPS) is 18.1. The van der Waals surface area contributed by atoms with E-state index in [4.69, 9.17) is 9.47 Å². The van der Waals surface area contributed by atoms with Crippen LogP contribution in [-0.4, -0.2) is 42.6 Å². The van der Waals surface area contributed by atoms with Crippen molar-refractivity contribution in [2.75, 3.05) is 13.7 Å². The van der Waals surface area contributed by atoms with Crippen LogP contribution in [-0.2, 0) is 25.7 Å². The molecular weight excluding hydrogens is 366 g/mol. The van der Waals surface area contributed by atoms with Crippen molar-refractivity contribution < 1.29 is 19.1 Å². The van der Waals surface area contributed by atoms with Crippen molar-refractivity contribution in [2.45, 2.75) is 37.5 Å². The molecule has 0 saturated carbocycles. The molecule has 0 bridgehead atoms. The van der Waals surface area contributed by atoms with Gasteiger partial charge in [-0.3, -0.25) is 4.79 Å². The van der Waals surface area contributed by atoms with Crippen molar-refractivity contribution >= 4 is 11.9 Å². The first-order chi connectivity index (χ1) is 14.2. The van der Waals surface area contributed by atoms with Crippen molar-refractivity contribution in [2.24, 2.45) is 0 Å². The van der Waals surface area contributed by atoms with Crippen LogP contribution in [0.1, 0.15) is 29.9 Å². The standard InChI is InChI=1S/C24H27NO4/c1-3-20(19-13-8-5-9-14-19)22(29-17-18-11-6-4-7-12-18)23(26)25-16-10-15-21(25)24(27)28-2/h3-9,11-14,20-22H,1,10,15-17H2,2H3/t20?,21-,22?/m0/s1. The quantitative estimate of drug-likeness (QED) is 0.507. The molecule has 5 nitrogen and oxygen atoms in total. The molecule has 1 heterocycles. The predicted molar refractivity (Wildman–Crippen MR) is 111 cm³/mol. The molecule has 0 N–H and O–H groups in total. The number of likely N-dealkylation sites (tertiary alicyclic amines) is 1. The minimum Gasteiger partial charge on any atom is -0.467 e. The maximum Gasteiger partial charge on any atom is 0.328 e. The van der Waals surface area contributed by atoms with Crippen LogP contribution in [0.4, 0.5) is 0 Å². The van der Waals surface area contributed by atoms with Crippen molar-refractivity contribution in [1.29, 1.82) is 0 Å². The SMILES string of the molecule is C=CC(c1ccccc1)C(OCc1ccccc1)C(=O)N1CCC[C@H]1C(=O)OC. The molecule has 0 spiro atoms. The third-order valence-electron chi connectivity index (χ3n) is 5.29. The number of amides is 1. The van der Waals surface area contributed by atoms with Gasteiger partial charge in [-0.05, 0) is 24.0 Å². The fourth-order valence-corrected chi connectivity index (χ4v) is 3.77. The Morgan fingerprint density at radius 1 is 1.14 bits per heavy atom. The number of benzene rings is 2. The molecule has 29 heavy (non-hydrogen) atoms. The summed E-state index contributed by atoms with van der Waals surface area (Å²) >= 11 is 0. The van der Waals surface area contributed by atoms with Gasteiger partial charge in [0.05, 0.1) is 13.7 Å². The highest BCUT2D eigenvalue weighted by atomic mass is 16.5. The summed E-state index contributed by atoms with van der Waals surface area (Å²) in [5.74, 6) is -0.915. The molecule has 1 aliphatic rings. The third-order valence-corrected chi connectivity index (χ3v) is 5.29. The summed E-state index contributed by atoms with van der Waals surface area (Å²) in [6.07, 6.45) is 2.33. The van der Waals surface area contributed by atoms with Crippen LogP contribution < -0.4 is 0 Å². The Morgan fingerprint density at radius 2 is 1.79 bits per heavy atom. The first kappa shape index (κ1) is 20.8. The zero-order chi connectivity index (χ0) is 20.6. The Bertz CT molecular complexity index is 821. The maximum atomic E-state index is 13.5. The van der Waals surface area contributed by atoms with E-state index < -0.39 is 12.1 Å². The second-order valence-corrected chi connectivity index (χ2v) is 7.10. The van der Waals surface area contributed by atoms with Crippen molar-refractivity contribution in [3.8, 4) is 0 Å². The molecule has 0 radical (unpaired) electrons. The van der Waals surface area contributed by atoms with E-state index in [9.17, 15) is 9.59 Å². The Morgan fingerprint density at radius 3 is 2.41 bits per heavy atom. The molecule has 2 aromatic rings. The van der Waals surface area contributed by atoms with Gasteiger partial charge in [-0.2, -0.15) is 0 Å². The van der Waals surface area contributed by atoms with Crippen LogP contribution in [0.15, 0.2) is 73.3 Å². The average molecular weight is 393 g/mol.